The van der Waals surface area contributed by atoms with Crippen molar-refractivity contribution in [2.24, 2.45) is 7.05 Å². The highest BCUT2D eigenvalue weighted by atomic mass is 16.5. The molecule has 0 aromatic carbocycles. The molecule has 2 heterocycles. The van der Waals surface area contributed by atoms with E-state index < -0.39 is 0 Å². The van der Waals surface area contributed by atoms with E-state index in [1.54, 1.807) is 22.8 Å². The van der Waals surface area contributed by atoms with Crippen molar-refractivity contribution in [3.63, 3.8) is 0 Å². The largest absolute Gasteiger partial charge is 0.361 e. The molecular weight excluding hydrogens is 256 g/mol. The van der Waals surface area contributed by atoms with Crippen LogP contribution in [0, 0.1) is 13.8 Å². The van der Waals surface area contributed by atoms with Gasteiger partial charge in [-0.1, -0.05) is 5.16 Å². The molecule has 0 spiro atoms. The number of carbonyl (C=O) groups excluding carboxylic acids is 1. The van der Waals surface area contributed by atoms with Gasteiger partial charge in [0.05, 0.1) is 18.4 Å². The van der Waals surface area contributed by atoms with Crippen molar-refractivity contribution < 1.29 is 9.32 Å². The van der Waals surface area contributed by atoms with Crippen molar-refractivity contribution in [2.45, 2.75) is 33.2 Å². The van der Waals surface area contributed by atoms with Crippen molar-refractivity contribution in [3.05, 3.63) is 35.0 Å². The van der Waals surface area contributed by atoms with E-state index >= 15 is 0 Å². The van der Waals surface area contributed by atoms with Crippen LogP contribution in [0.1, 0.15) is 29.0 Å². The molecule has 0 fully saturated rings. The molecule has 2 aromatic rings. The summed E-state index contributed by atoms with van der Waals surface area (Å²) in [6.45, 7) is 4.29. The third-order valence-corrected chi connectivity index (χ3v) is 3.39. The van der Waals surface area contributed by atoms with Crippen molar-refractivity contribution in [1.82, 2.24) is 19.8 Å². The molecule has 0 radical (unpaired) electrons. The molecule has 108 valence electrons. The number of hydrogen-bond donors (Lipinski definition) is 0. The Balaban J connectivity index is 1.89. The Labute approximate surface area is 118 Å². The van der Waals surface area contributed by atoms with Crippen molar-refractivity contribution in [1.29, 1.82) is 0 Å². The number of carbonyl (C=O) groups is 1. The molecule has 2 aromatic heterocycles. The van der Waals surface area contributed by atoms with E-state index in [0.29, 0.717) is 19.4 Å². The number of aromatic nitrogens is 3. The first-order valence-corrected chi connectivity index (χ1v) is 6.60. The van der Waals surface area contributed by atoms with Crippen LogP contribution in [0.2, 0.25) is 0 Å². The van der Waals surface area contributed by atoms with Gasteiger partial charge < -0.3 is 9.42 Å². The summed E-state index contributed by atoms with van der Waals surface area (Å²) in [6.07, 6.45) is 4.91. The molecule has 0 aliphatic carbocycles. The maximum Gasteiger partial charge on any atom is 0.222 e. The van der Waals surface area contributed by atoms with Gasteiger partial charge in [0.25, 0.3) is 0 Å². The fourth-order valence-electron chi connectivity index (χ4n) is 2.10. The average molecular weight is 276 g/mol. The van der Waals surface area contributed by atoms with Crippen molar-refractivity contribution >= 4 is 5.91 Å². The predicted octanol–water partition coefficient (Wildman–Crippen LogP) is 1.62. The van der Waals surface area contributed by atoms with Gasteiger partial charge in [-0.05, 0) is 25.8 Å². The van der Waals surface area contributed by atoms with Gasteiger partial charge in [0.2, 0.25) is 5.91 Å². The summed E-state index contributed by atoms with van der Waals surface area (Å²) in [7, 11) is 3.67. The fourth-order valence-corrected chi connectivity index (χ4v) is 2.10. The van der Waals surface area contributed by atoms with Gasteiger partial charge in [0.15, 0.2) is 0 Å². The summed E-state index contributed by atoms with van der Waals surface area (Å²) in [5, 5.41) is 8.00. The van der Waals surface area contributed by atoms with Crippen molar-refractivity contribution in [2.75, 3.05) is 7.05 Å². The number of hydrogen-bond acceptors (Lipinski definition) is 4. The smallest absolute Gasteiger partial charge is 0.222 e. The van der Waals surface area contributed by atoms with Crippen LogP contribution in [0.3, 0.4) is 0 Å². The van der Waals surface area contributed by atoms with Gasteiger partial charge in [-0.15, -0.1) is 0 Å². The van der Waals surface area contributed by atoms with E-state index in [2.05, 4.69) is 10.3 Å². The molecular formula is C14H20N4O2. The van der Waals surface area contributed by atoms with Crippen LogP contribution in [0.4, 0.5) is 0 Å². The quantitative estimate of drug-likeness (QED) is 0.832. The van der Waals surface area contributed by atoms with Crippen LogP contribution in [0.25, 0.3) is 0 Å². The second-order valence-corrected chi connectivity index (χ2v) is 5.07. The fraction of sp³-hybridized carbons (Fsp3) is 0.500. The number of amides is 1. The normalized spacial score (nSPS) is 10.8. The molecule has 0 atom stereocenters. The predicted molar refractivity (Wildman–Crippen MR) is 74.0 cm³/mol. The number of nitrogens with zero attached hydrogens (tertiary/aromatic N) is 4. The molecule has 6 heteroatoms. The van der Waals surface area contributed by atoms with E-state index in [1.807, 2.05) is 27.1 Å². The van der Waals surface area contributed by atoms with Crippen LogP contribution in [0.5, 0.6) is 0 Å². The lowest BCUT2D eigenvalue weighted by molar-refractivity contribution is -0.130. The summed E-state index contributed by atoms with van der Waals surface area (Å²) in [5.74, 6) is 0.878. The SMILES string of the molecule is Cc1noc(C)c1CN(C)C(=O)CCc1cnn(C)c1. The molecule has 1 amide bonds. The summed E-state index contributed by atoms with van der Waals surface area (Å²) in [6, 6.07) is 0. The summed E-state index contributed by atoms with van der Waals surface area (Å²) in [4.78, 5) is 13.8. The highest BCUT2D eigenvalue weighted by molar-refractivity contribution is 5.76. The molecule has 6 nitrogen and oxygen atoms in total. The van der Waals surface area contributed by atoms with Crippen LogP contribution in [-0.2, 0) is 24.8 Å². The molecule has 0 saturated heterocycles. The average Bonchev–Trinajstić information content (AvgIpc) is 2.96. The van der Waals surface area contributed by atoms with Crippen LogP contribution in [-0.4, -0.2) is 32.8 Å². The topological polar surface area (TPSA) is 64.2 Å². The Morgan fingerprint density at radius 1 is 1.45 bits per heavy atom. The van der Waals surface area contributed by atoms with Gasteiger partial charge in [-0.3, -0.25) is 9.48 Å². The second kappa shape index (κ2) is 5.90. The highest BCUT2D eigenvalue weighted by Gasteiger charge is 2.15. The Hall–Kier alpha value is -2.11. The lowest BCUT2D eigenvalue weighted by Gasteiger charge is -2.16. The lowest BCUT2D eigenvalue weighted by Crippen LogP contribution is -2.26. The molecule has 0 saturated carbocycles. The van der Waals surface area contributed by atoms with Crippen LogP contribution >= 0.6 is 0 Å². The Kier molecular flexibility index (Phi) is 4.22. The first-order valence-electron chi connectivity index (χ1n) is 6.60. The van der Waals surface area contributed by atoms with Gasteiger partial charge in [0, 0.05) is 32.3 Å². The third kappa shape index (κ3) is 3.26. The van der Waals surface area contributed by atoms with Crippen LogP contribution < -0.4 is 0 Å². The molecule has 0 N–H and O–H groups in total. The molecule has 0 bridgehead atoms. The minimum absolute atomic E-state index is 0.105. The third-order valence-electron chi connectivity index (χ3n) is 3.39. The molecule has 2 rings (SSSR count). The molecule has 0 aliphatic rings. The number of aryl methyl sites for hydroxylation is 4. The molecule has 20 heavy (non-hydrogen) atoms. The van der Waals surface area contributed by atoms with E-state index in [1.165, 1.54) is 0 Å². The maximum atomic E-state index is 12.1. The Morgan fingerprint density at radius 3 is 2.75 bits per heavy atom. The van der Waals surface area contributed by atoms with Crippen LogP contribution in [0.15, 0.2) is 16.9 Å². The molecule has 0 aliphatic heterocycles. The van der Waals surface area contributed by atoms with Gasteiger partial charge in [0.1, 0.15) is 5.76 Å². The summed E-state index contributed by atoms with van der Waals surface area (Å²) >= 11 is 0. The van der Waals surface area contributed by atoms with Gasteiger partial charge in [-0.25, -0.2) is 0 Å². The summed E-state index contributed by atoms with van der Waals surface area (Å²) < 4.78 is 6.85. The zero-order valence-corrected chi connectivity index (χ0v) is 12.4. The highest BCUT2D eigenvalue weighted by Crippen LogP contribution is 2.15. The van der Waals surface area contributed by atoms with E-state index in [4.69, 9.17) is 4.52 Å². The number of rotatable bonds is 5. The van der Waals surface area contributed by atoms with E-state index in [0.717, 1.165) is 22.6 Å². The zero-order valence-electron chi connectivity index (χ0n) is 12.4. The summed E-state index contributed by atoms with van der Waals surface area (Å²) in [5.41, 5.74) is 2.91. The minimum atomic E-state index is 0.105. The first-order chi connectivity index (χ1) is 9.47. The lowest BCUT2D eigenvalue weighted by atomic mass is 10.1. The van der Waals surface area contributed by atoms with E-state index in [-0.39, 0.29) is 5.91 Å². The first kappa shape index (κ1) is 14.3. The standard InChI is InChI=1S/C14H20N4O2/c1-10-13(11(2)20-16-10)9-17(3)14(19)6-5-12-7-15-18(4)8-12/h7-8H,5-6,9H2,1-4H3. The minimum Gasteiger partial charge on any atom is -0.361 e. The monoisotopic (exact) mass is 276 g/mol. The van der Waals surface area contributed by atoms with E-state index in [9.17, 15) is 4.79 Å². The molecule has 0 unspecified atom stereocenters. The van der Waals surface area contributed by atoms with Gasteiger partial charge >= 0.3 is 0 Å². The Morgan fingerprint density at radius 2 is 2.20 bits per heavy atom. The second-order valence-electron chi connectivity index (χ2n) is 5.07. The Bertz CT molecular complexity index is 581. The zero-order chi connectivity index (χ0) is 14.7. The van der Waals surface area contributed by atoms with Crippen molar-refractivity contribution in [3.8, 4) is 0 Å². The maximum absolute atomic E-state index is 12.1. The van der Waals surface area contributed by atoms with Gasteiger partial charge in [-0.2, -0.15) is 5.10 Å².